The average molecular weight is 291 g/mol. The van der Waals surface area contributed by atoms with Crippen molar-refractivity contribution >= 4 is 15.9 Å². The van der Waals surface area contributed by atoms with Crippen LogP contribution < -0.4 is 4.74 Å². The Bertz CT molecular complexity index is 500. The van der Waals surface area contributed by atoms with Gasteiger partial charge < -0.3 is 4.74 Å². The summed E-state index contributed by atoms with van der Waals surface area (Å²) in [6.07, 6.45) is 0. The molecule has 2 heteroatoms. The molecule has 0 heterocycles. The quantitative estimate of drug-likeness (QED) is 0.800. The van der Waals surface area contributed by atoms with Gasteiger partial charge in [0.15, 0.2) is 0 Å². The molecule has 0 spiro atoms. The van der Waals surface area contributed by atoms with Crippen LogP contribution in [0.25, 0.3) is 0 Å². The molecule has 0 fully saturated rings. The maximum atomic E-state index is 5.80. The molecule has 1 nitrogen and oxygen atoms in total. The van der Waals surface area contributed by atoms with E-state index in [1.165, 1.54) is 16.7 Å². The Labute approximate surface area is 111 Å². The lowest BCUT2D eigenvalue weighted by Crippen LogP contribution is -2.00. The van der Waals surface area contributed by atoms with E-state index >= 15 is 0 Å². The highest BCUT2D eigenvalue weighted by Crippen LogP contribution is 2.20. The molecule has 0 atom stereocenters. The summed E-state index contributed by atoms with van der Waals surface area (Å²) >= 11 is 3.44. The van der Waals surface area contributed by atoms with Crippen molar-refractivity contribution in [1.82, 2.24) is 0 Å². The lowest BCUT2D eigenvalue weighted by Gasteiger charge is -2.11. The van der Waals surface area contributed by atoms with E-state index in [1.807, 2.05) is 24.3 Å². The van der Waals surface area contributed by atoms with Gasteiger partial charge in [0.2, 0.25) is 0 Å². The highest BCUT2D eigenvalue weighted by atomic mass is 79.9. The standard InChI is InChI=1S/C15H15BrO/c1-11-5-3-6-12(2)15(11)10-17-14-8-4-7-13(16)9-14/h3-9H,10H2,1-2H3. The van der Waals surface area contributed by atoms with Crippen LogP contribution in [0, 0.1) is 13.8 Å². The third kappa shape index (κ3) is 3.10. The second-order valence-corrected chi connectivity index (χ2v) is 5.03. The molecule has 2 aromatic rings. The summed E-state index contributed by atoms with van der Waals surface area (Å²) in [7, 11) is 0. The summed E-state index contributed by atoms with van der Waals surface area (Å²) in [6.45, 7) is 4.86. The Kier molecular flexibility index (Phi) is 3.85. The average Bonchev–Trinajstić information content (AvgIpc) is 2.28. The lowest BCUT2D eigenvalue weighted by molar-refractivity contribution is 0.304. The van der Waals surface area contributed by atoms with Crippen molar-refractivity contribution in [2.45, 2.75) is 20.5 Å². The molecule has 0 aliphatic carbocycles. The highest BCUT2D eigenvalue weighted by molar-refractivity contribution is 9.10. The van der Waals surface area contributed by atoms with Crippen molar-refractivity contribution in [3.8, 4) is 5.75 Å². The lowest BCUT2D eigenvalue weighted by atomic mass is 10.0. The predicted molar refractivity (Wildman–Crippen MR) is 74.4 cm³/mol. The van der Waals surface area contributed by atoms with Gasteiger partial charge in [0, 0.05) is 4.47 Å². The zero-order valence-corrected chi connectivity index (χ0v) is 11.6. The largest absolute Gasteiger partial charge is 0.489 e. The van der Waals surface area contributed by atoms with Crippen LogP contribution in [0.5, 0.6) is 5.75 Å². The summed E-state index contributed by atoms with van der Waals surface area (Å²) in [5, 5.41) is 0. The zero-order chi connectivity index (χ0) is 12.3. The first kappa shape index (κ1) is 12.2. The molecule has 88 valence electrons. The summed E-state index contributed by atoms with van der Waals surface area (Å²) in [4.78, 5) is 0. The normalized spacial score (nSPS) is 10.3. The highest BCUT2D eigenvalue weighted by Gasteiger charge is 2.03. The first-order chi connectivity index (χ1) is 8.16. The number of rotatable bonds is 3. The fourth-order valence-electron chi connectivity index (χ4n) is 1.79. The Balaban J connectivity index is 2.13. The van der Waals surface area contributed by atoms with E-state index in [2.05, 4.69) is 48.0 Å². The van der Waals surface area contributed by atoms with Crippen LogP contribution in [0.2, 0.25) is 0 Å². The second kappa shape index (κ2) is 5.37. The van der Waals surface area contributed by atoms with Crippen LogP contribution in [-0.4, -0.2) is 0 Å². The monoisotopic (exact) mass is 290 g/mol. The molecule has 2 rings (SSSR count). The molecule has 0 aliphatic rings. The number of benzene rings is 2. The van der Waals surface area contributed by atoms with Gasteiger partial charge in [-0.2, -0.15) is 0 Å². The SMILES string of the molecule is Cc1cccc(C)c1COc1cccc(Br)c1. The third-order valence-electron chi connectivity index (χ3n) is 2.82. The molecule has 0 N–H and O–H groups in total. The van der Waals surface area contributed by atoms with E-state index in [0.717, 1.165) is 10.2 Å². The smallest absolute Gasteiger partial charge is 0.120 e. The minimum atomic E-state index is 0.620. The number of halogens is 1. The Morgan fingerprint density at radius 1 is 1.00 bits per heavy atom. The van der Waals surface area contributed by atoms with E-state index in [0.29, 0.717) is 6.61 Å². The maximum Gasteiger partial charge on any atom is 0.120 e. The number of hydrogen-bond donors (Lipinski definition) is 0. The van der Waals surface area contributed by atoms with Crippen molar-refractivity contribution in [3.05, 3.63) is 63.6 Å². The predicted octanol–water partition coefficient (Wildman–Crippen LogP) is 4.64. The fourth-order valence-corrected chi connectivity index (χ4v) is 2.17. The topological polar surface area (TPSA) is 9.23 Å². The van der Waals surface area contributed by atoms with Crippen molar-refractivity contribution < 1.29 is 4.74 Å². The molecule has 0 amide bonds. The first-order valence-electron chi connectivity index (χ1n) is 5.60. The van der Waals surface area contributed by atoms with E-state index < -0.39 is 0 Å². The van der Waals surface area contributed by atoms with E-state index in [1.54, 1.807) is 0 Å². The van der Waals surface area contributed by atoms with Gasteiger partial charge in [-0.25, -0.2) is 0 Å². The molecule has 0 aromatic heterocycles. The van der Waals surface area contributed by atoms with Gasteiger partial charge in [-0.15, -0.1) is 0 Å². The van der Waals surface area contributed by atoms with Crippen LogP contribution in [0.3, 0.4) is 0 Å². The maximum absolute atomic E-state index is 5.80. The molecule has 0 radical (unpaired) electrons. The summed E-state index contributed by atoms with van der Waals surface area (Å²) in [5.74, 6) is 0.891. The van der Waals surface area contributed by atoms with Crippen LogP contribution in [0.1, 0.15) is 16.7 Å². The van der Waals surface area contributed by atoms with E-state index in [4.69, 9.17) is 4.74 Å². The van der Waals surface area contributed by atoms with Crippen molar-refractivity contribution in [2.24, 2.45) is 0 Å². The minimum absolute atomic E-state index is 0.620. The fraction of sp³-hybridized carbons (Fsp3) is 0.200. The van der Waals surface area contributed by atoms with Crippen LogP contribution in [0.4, 0.5) is 0 Å². The van der Waals surface area contributed by atoms with Gasteiger partial charge in [0.1, 0.15) is 12.4 Å². The molecule has 0 unspecified atom stereocenters. The van der Waals surface area contributed by atoms with Crippen molar-refractivity contribution in [1.29, 1.82) is 0 Å². The van der Waals surface area contributed by atoms with E-state index in [9.17, 15) is 0 Å². The van der Waals surface area contributed by atoms with Crippen molar-refractivity contribution in [3.63, 3.8) is 0 Å². The molecule has 0 bridgehead atoms. The number of aryl methyl sites for hydroxylation is 2. The van der Waals surface area contributed by atoms with Crippen LogP contribution >= 0.6 is 15.9 Å². The minimum Gasteiger partial charge on any atom is -0.489 e. The summed E-state index contributed by atoms with van der Waals surface area (Å²) in [5.41, 5.74) is 3.83. The summed E-state index contributed by atoms with van der Waals surface area (Å²) < 4.78 is 6.84. The zero-order valence-electron chi connectivity index (χ0n) is 10.0. The van der Waals surface area contributed by atoms with Gasteiger partial charge in [0.25, 0.3) is 0 Å². The third-order valence-corrected chi connectivity index (χ3v) is 3.32. The van der Waals surface area contributed by atoms with Gasteiger partial charge in [-0.3, -0.25) is 0 Å². The molecular formula is C15H15BrO. The van der Waals surface area contributed by atoms with Gasteiger partial charge in [-0.1, -0.05) is 40.2 Å². The van der Waals surface area contributed by atoms with E-state index in [-0.39, 0.29) is 0 Å². The number of hydrogen-bond acceptors (Lipinski definition) is 1. The molecular weight excluding hydrogens is 276 g/mol. The molecule has 0 saturated heterocycles. The Morgan fingerprint density at radius 3 is 2.29 bits per heavy atom. The number of ether oxygens (including phenoxy) is 1. The van der Waals surface area contributed by atoms with Crippen LogP contribution in [0.15, 0.2) is 46.9 Å². The second-order valence-electron chi connectivity index (χ2n) is 4.12. The van der Waals surface area contributed by atoms with Crippen molar-refractivity contribution in [2.75, 3.05) is 0 Å². The van der Waals surface area contributed by atoms with Gasteiger partial charge in [0.05, 0.1) is 0 Å². The molecule has 0 saturated carbocycles. The molecule has 17 heavy (non-hydrogen) atoms. The van der Waals surface area contributed by atoms with Gasteiger partial charge in [-0.05, 0) is 48.7 Å². The van der Waals surface area contributed by atoms with Crippen LogP contribution in [-0.2, 0) is 6.61 Å². The Hall–Kier alpha value is -1.28. The summed E-state index contributed by atoms with van der Waals surface area (Å²) in [6, 6.07) is 14.2. The first-order valence-corrected chi connectivity index (χ1v) is 6.39. The van der Waals surface area contributed by atoms with Gasteiger partial charge >= 0.3 is 0 Å². The molecule has 0 aliphatic heterocycles. The molecule has 2 aromatic carbocycles. The Morgan fingerprint density at radius 2 is 1.65 bits per heavy atom.